The number of nitrogens with one attached hydrogen (secondary N) is 1. The zero-order valence-electron chi connectivity index (χ0n) is 14.4. The minimum Gasteiger partial charge on any atom is -0.459 e. The van der Waals surface area contributed by atoms with Crippen LogP contribution < -0.4 is 5.32 Å². The summed E-state index contributed by atoms with van der Waals surface area (Å²) in [5.74, 6) is 0.550. The van der Waals surface area contributed by atoms with Crippen LogP contribution in [0, 0.1) is 5.92 Å². The van der Waals surface area contributed by atoms with Crippen molar-refractivity contribution in [3.8, 4) is 0 Å². The largest absolute Gasteiger partial charge is 0.459 e. The highest BCUT2D eigenvalue weighted by Gasteiger charge is 2.42. The van der Waals surface area contributed by atoms with Gasteiger partial charge in [0, 0.05) is 50.4 Å². The molecule has 1 aliphatic heterocycles. The molecule has 25 heavy (non-hydrogen) atoms. The van der Waals surface area contributed by atoms with Gasteiger partial charge in [-0.25, -0.2) is 0 Å². The Balaban J connectivity index is 1.35. The van der Waals surface area contributed by atoms with Gasteiger partial charge in [0.2, 0.25) is 0 Å². The van der Waals surface area contributed by atoms with Gasteiger partial charge in [-0.3, -0.25) is 14.4 Å². The summed E-state index contributed by atoms with van der Waals surface area (Å²) in [6, 6.07) is 3.82. The zero-order valence-corrected chi connectivity index (χ0v) is 14.4. The summed E-state index contributed by atoms with van der Waals surface area (Å²) in [6.07, 6.45) is 7.87. The Kier molecular flexibility index (Phi) is 4.59. The SMILES string of the molecule is Cn1cc(CN2CCO[C@@H]3[C@H](CNC(=O)c4ccco4)CC[C@H]32)cn1. The van der Waals surface area contributed by atoms with Crippen molar-refractivity contribution in [3.63, 3.8) is 0 Å². The molecule has 7 heteroatoms. The van der Waals surface area contributed by atoms with Gasteiger partial charge in [-0.15, -0.1) is 0 Å². The van der Waals surface area contributed by atoms with Gasteiger partial charge in [0.05, 0.1) is 25.2 Å². The molecule has 3 atom stereocenters. The number of fused-ring (bicyclic) bond motifs is 1. The van der Waals surface area contributed by atoms with E-state index >= 15 is 0 Å². The van der Waals surface area contributed by atoms with Crippen molar-refractivity contribution in [1.82, 2.24) is 20.0 Å². The highest BCUT2D eigenvalue weighted by Crippen LogP contribution is 2.35. The van der Waals surface area contributed by atoms with Gasteiger partial charge >= 0.3 is 0 Å². The van der Waals surface area contributed by atoms with Gasteiger partial charge < -0.3 is 14.5 Å². The summed E-state index contributed by atoms with van der Waals surface area (Å²) in [6.45, 7) is 3.22. The molecule has 0 unspecified atom stereocenters. The summed E-state index contributed by atoms with van der Waals surface area (Å²) in [4.78, 5) is 14.6. The van der Waals surface area contributed by atoms with Crippen molar-refractivity contribution in [1.29, 1.82) is 0 Å². The maximum Gasteiger partial charge on any atom is 0.286 e. The lowest BCUT2D eigenvalue weighted by Gasteiger charge is -2.39. The van der Waals surface area contributed by atoms with Crippen molar-refractivity contribution in [2.24, 2.45) is 13.0 Å². The van der Waals surface area contributed by atoms with E-state index in [-0.39, 0.29) is 12.0 Å². The van der Waals surface area contributed by atoms with Gasteiger partial charge in [0.25, 0.3) is 5.91 Å². The fourth-order valence-corrected chi connectivity index (χ4v) is 4.06. The number of rotatable bonds is 5. The standard InChI is InChI=1S/C18H24N4O3/c1-21-11-13(9-20-21)12-22-6-8-25-17-14(4-5-15(17)22)10-19-18(23)16-3-2-7-24-16/h2-3,7,9,11,14-15,17H,4-6,8,10,12H2,1H3,(H,19,23)/t14-,15+,17+/m0/s1. The number of aromatic nitrogens is 2. The van der Waals surface area contributed by atoms with Crippen LogP contribution in [0.4, 0.5) is 0 Å². The van der Waals surface area contributed by atoms with Crippen LogP contribution in [0.5, 0.6) is 0 Å². The fraction of sp³-hybridized carbons (Fsp3) is 0.556. The van der Waals surface area contributed by atoms with Crippen LogP contribution in [0.1, 0.15) is 29.0 Å². The van der Waals surface area contributed by atoms with Crippen LogP contribution >= 0.6 is 0 Å². The number of morpholine rings is 1. The summed E-state index contributed by atoms with van der Waals surface area (Å²) in [5, 5.41) is 7.24. The molecule has 7 nitrogen and oxygen atoms in total. The lowest BCUT2D eigenvalue weighted by atomic mass is 10.0. The second-order valence-corrected chi connectivity index (χ2v) is 6.92. The maximum absolute atomic E-state index is 12.1. The summed E-state index contributed by atoms with van der Waals surface area (Å²) in [5.41, 5.74) is 1.23. The molecule has 1 amide bonds. The topological polar surface area (TPSA) is 72.5 Å². The van der Waals surface area contributed by atoms with Crippen molar-refractivity contribution < 1.29 is 13.9 Å². The molecule has 134 valence electrons. The number of furan rings is 1. The highest BCUT2D eigenvalue weighted by molar-refractivity contribution is 5.91. The molecular weight excluding hydrogens is 320 g/mol. The molecule has 2 fully saturated rings. The number of hydrogen-bond donors (Lipinski definition) is 1. The van der Waals surface area contributed by atoms with Gasteiger partial charge in [-0.05, 0) is 25.0 Å². The van der Waals surface area contributed by atoms with Crippen LogP contribution in [0.3, 0.4) is 0 Å². The molecular formula is C18H24N4O3. The van der Waals surface area contributed by atoms with Crippen molar-refractivity contribution in [2.45, 2.75) is 31.5 Å². The third-order valence-electron chi connectivity index (χ3n) is 5.25. The van der Waals surface area contributed by atoms with Gasteiger partial charge in [-0.1, -0.05) is 0 Å². The van der Waals surface area contributed by atoms with E-state index in [4.69, 9.17) is 9.15 Å². The Morgan fingerprint density at radius 1 is 1.44 bits per heavy atom. The molecule has 3 heterocycles. The molecule has 1 saturated heterocycles. The Morgan fingerprint density at radius 2 is 2.36 bits per heavy atom. The predicted octanol–water partition coefficient (Wildman–Crippen LogP) is 1.42. The molecule has 2 aromatic rings. The van der Waals surface area contributed by atoms with E-state index in [2.05, 4.69) is 21.5 Å². The van der Waals surface area contributed by atoms with E-state index in [0.29, 0.717) is 24.3 Å². The Morgan fingerprint density at radius 3 is 3.12 bits per heavy atom. The lowest BCUT2D eigenvalue weighted by Crippen LogP contribution is -2.50. The van der Waals surface area contributed by atoms with E-state index < -0.39 is 0 Å². The minimum absolute atomic E-state index is 0.156. The number of nitrogens with zero attached hydrogens (tertiary/aromatic N) is 3. The predicted molar refractivity (Wildman–Crippen MR) is 90.9 cm³/mol. The molecule has 4 rings (SSSR count). The van der Waals surface area contributed by atoms with Crippen LogP contribution in [0.2, 0.25) is 0 Å². The highest BCUT2D eigenvalue weighted by atomic mass is 16.5. The van der Waals surface area contributed by atoms with E-state index in [0.717, 1.165) is 32.5 Å². The molecule has 1 N–H and O–H groups in total. The third kappa shape index (κ3) is 3.48. The molecule has 2 aliphatic rings. The summed E-state index contributed by atoms with van der Waals surface area (Å²) >= 11 is 0. The van der Waals surface area contributed by atoms with Crippen LogP contribution in [0.15, 0.2) is 35.2 Å². The lowest BCUT2D eigenvalue weighted by molar-refractivity contribution is -0.0757. The quantitative estimate of drug-likeness (QED) is 0.888. The second kappa shape index (κ2) is 7.01. The molecule has 2 aromatic heterocycles. The van der Waals surface area contributed by atoms with E-state index in [9.17, 15) is 4.79 Å². The molecule has 0 spiro atoms. The number of hydrogen-bond acceptors (Lipinski definition) is 5. The minimum atomic E-state index is -0.156. The molecule has 0 aromatic carbocycles. The van der Waals surface area contributed by atoms with Crippen molar-refractivity contribution in [2.75, 3.05) is 19.7 Å². The second-order valence-electron chi connectivity index (χ2n) is 6.92. The van der Waals surface area contributed by atoms with E-state index in [1.54, 1.807) is 12.1 Å². The Labute approximate surface area is 146 Å². The summed E-state index contributed by atoms with van der Waals surface area (Å²) in [7, 11) is 1.94. The number of ether oxygens (including phenoxy) is 1. The number of aryl methyl sites for hydroxylation is 1. The fourth-order valence-electron chi connectivity index (χ4n) is 4.06. The normalized spacial score (nSPS) is 26.5. The Hall–Kier alpha value is -2.12. The number of amides is 1. The average molecular weight is 344 g/mol. The maximum atomic E-state index is 12.1. The monoisotopic (exact) mass is 344 g/mol. The number of carbonyl (C=O) groups is 1. The zero-order chi connectivity index (χ0) is 17.2. The average Bonchev–Trinajstić information content (AvgIpc) is 3.34. The Bertz CT molecular complexity index is 712. The van der Waals surface area contributed by atoms with Crippen molar-refractivity contribution >= 4 is 5.91 Å². The van der Waals surface area contributed by atoms with Gasteiger partial charge in [0.15, 0.2) is 5.76 Å². The van der Waals surface area contributed by atoms with Crippen LogP contribution in [0.25, 0.3) is 0 Å². The first-order valence-corrected chi connectivity index (χ1v) is 8.85. The van der Waals surface area contributed by atoms with Crippen LogP contribution in [-0.2, 0) is 18.3 Å². The third-order valence-corrected chi connectivity index (χ3v) is 5.25. The van der Waals surface area contributed by atoms with Gasteiger partial charge in [0.1, 0.15) is 0 Å². The van der Waals surface area contributed by atoms with Crippen LogP contribution in [-0.4, -0.2) is 52.4 Å². The molecule has 0 radical (unpaired) electrons. The number of carbonyl (C=O) groups excluding carboxylic acids is 1. The smallest absolute Gasteiger partial charge is 0.286 e. The van der Waals surface area contributed by atoms with E-state index in [1.165, 1.54) is 11.8 Å². The first-order chi connectivity index (χ1) is 12.2. The van der Waals surface area contributed by atoms with E-state index in [1.807, 2.05) is 17.9 Å². The van der Waals surface area contributed by atoms with Crippen molar-refractivity contribution in [3.05, 3.63) is 42.1 Å². The summed E-state index contributed by atoms with van der Waals surface area (Å²) < 4.78 is 13.1. The molecule has 1 saturated carbocycles. The first-order valence-electron chi connectivity index (χ1n) is 8.85. The van der Waals surface area contributed by atoms with Gasteiger partial charge in [-0.2, -0.15) is 5.10 Å². The molecule has 1 aliphatic carbocycles. The molecule has 0 bridgehead atoms. The first kappa shape index (κ1) is 16.4.